The van der Waals surface area contributed by atoms with Gasteiger partial charge in [0.15, 0.2) is 0 Å². The van der Waals surface area contributed by atoms with Crippen LogP contribution >= 0.6 is 23.2 Å². The molecule has 0 atom stereocenters. The third-order valence-electron chi connectivity index (χ3n) is 6.08. The molecule has 0 amide bonds. The highest BCUT2D eigenvalue weighted by atomic mass is 35.5. The van der Waals surface area contributed by atoms with Gasteiger partial charge < -0.3 is 9.67 Å². The van der Waals surface area contributed by atoms with E-state index in [1.54, 1.807) is 36.4 Å². The quantitative estimate of drug-likeness (QED) is 0.250. The average Bonchev–Trinajstić information content (AvgIpc) is 3.28. The van der Waals surface area contributed by atoms with Crippen molar-refractivity contribution in [2.45, 2.75) is 13.3 Å². The molecule has 0 saturated heterocycles. The first-order valence-corrected chi connectivity index (χ1v) is 12.2. The second kappa shape index (κ2) is 10.0. The zero-order valence-corrected chi connectivity index (χ0v) is 21.0. The van der Waals surface area contributed by atoms with Crippen LogP contribution in [0.3, 0.4) is 0 Å². The molecular formula is C30H22Cl2N2O2. The van der Waals surface area contributed by atoms with Crippen molar-refractivity contribution in [3.05, 3.63) is 130 Å². The smallest absolute Gasteiger partial charge is 0.335 e. The van der Waals surface area contributed by atoms with Gasteiger partial charge in [0.05, 0.1) is 16.3 Å². The first-order chi connectivity index (χ1) is 17.4. The van der Waals surface area contributed by atoms with Crippen LogP contribution < -0.4 is 0 Å². The third kappa shape index (κ3) is 5.06. The van der Waals surface area contributed by atoms with E-state index in [0.29, 0.717) is 22.2 Å². The Balaban J connectivity index is 1.52. The lowest BCUT2D eigenvalue weighted by Gasteiger charge is -2.09. The third-order valence-corrected chi connectivity index (χ3v) is 6.63. The molecule has 0 radical (unpaired) electrons. The number of aromatic carboxylic acids is 1. The molecule has 0 fully saturated rings. The van der Waals surface area contributed by atoms with Crippen molar-refractivity contribution in [1.82, 2.24) is 9.55 Å². The lowest BCUT2D eigenvalue weighted by molar-refractivity contribution is 0.0697. The van der Waals surface area contributed by atoms with E-state index < -0.39 is 5.97 Å². The summed E-state index contributed by atoms with van der Waals surface area (Å²) in [6.07, 6.45) is 2.50. The van der Waals surface area contributed by atoms with E-state index in [0.717, 1.165) is 28.2 Å². The molecule has 5 rings (SSSR count). The number of halogens is 2. The number of benzene rings is 4. The molecule has 0 spiro atoms. The number of carboxylic acid groups (broad SMARTS) is 1. The monoisotopic (exact) mass is 512 g/mol. The molecule has 1 aromatic heterocycles. The topological polar surface area (TPSA) is 55.1 Å². The molecule has 0 unspecified atom stereocenters. The molecule has 0 saturated carbocycles. The summed E-state index contributed by atoms with van der Waals surface area (Å²) in [5.41, 5.74) is 7.20. The Labute approximate surface area is 219 Å². The number of aromatic nitrogens is 2. The van der Waals surface area contributed by atoms with E-state index >= 15 is 0 Å². The van der Waals surface area contributed by atoms with E-state index in [4.69, 9.17) is 28.2 Å². The van der Waals surface area contributed by atoms with Crippen LogP contribution in [-0.4, -0.2) is 20.6 Å². The van der Waals surface area contributed by atoms with Crippen molar-refractivity contribution in [1.29, 1.82) is 0 Å². The summed E-state index contributed by atoms with van der Waals surface area (Å²) < 4.78 is 1.97. The molecule has 5 aromatic rings. The fourth-order valence-electron chi connectivity index (χ4n) is 4.10. The van der Waals surface area contributed by atoms with Gasteiger partial charge in [-0.05, 0) is 66.1 Å². The Morgan fingerprint density at radius 1 is 0.861 bits per heavy atom. The van der Waals surface area contributed by atoms with E-state index in [1.807, 2.05) is 16.8 Å². The maximum Gasteiger partial charge on any atom is 0.335 e. The molecule has 1 heterocycles. The summed E-state index contributed by atoms with van der Waals surface area (Å²) in [6, 6.07) is 29.0. The number of carboxylic acids is 1. The molecule has 0 aliphatic rings. The van der Waals surface area contributed by atoms with Gasteiger partial charge in [0.25, 0.3) is 0 Å². The van der Waals surface area contributed by atoms with Crippen molar-refractivity contribution >= 4 is 29.2 Å². The van der Waals surface area contributed by atoms with Gasteiger partial charge in [0.2, 0.25) is 0 Å². The molecule has 1 N–H and O–H groups in total. The number of hydrogen-bond acceptors (Lipinski definition) is 2. The van der Waals surface area contributed by atoms with Crippen LogP contribution in [0.1, 0.15) is 27.3 Å². The van der Waals surface area contributed by atoms with Crippen molar-refractivity contribution < 1.29 is 9.90 Å². The highest BCUT2D eigenvalue weighted by Gasteiger charge is 2.15. The molecule has 0 aliphatic heterocycles. The standard InChI is InChI=1S/C30H22Cl2N2O2/c1-19-2-6-21(7-3-19)22-8-4-20(5-9-22)16-29-33-28(26-15-12-24(31)17-27(26)32)18-34(29)25-13-10-23(11-14-25)30(35)36/h2-15,17-18H,16H2,1H3,(H,35,36). The van der Waals surface area contributed by atoms with E-state index in [1.165, 1.54) is 11.1 Å². The Hall–Kier alpha value is -3.86. The zero-order chi connectivity index (χ0) is 25.2. The van der Waals surface area contributed by atoms with Crippen molar-refractivity contribution in [2.75, 3.05) is 0 Å². The van der Waals surface area contributed by atoms with Gasteiger partial charge in [-0.2, -0.15) is 0 Å². The van der Waals surface area contributed by atoms with Crippen molar-refractivity contribution in [3.63, 3.8) is 0 Å². The maximum atomic E-state index is 11.3. The summed E-state index contributed by atoms with van der Waals surface area (Å²) in [7, 11) is 0. The number of carbonyl (C=O) groups is 1. The lowest BCUT2D eigenvalue weighted by atomic mass is 10.0. The molecule has 0 bridgehead atoms. The molecular weight excluding hydrogens is 491 g/mol. The van der Waals surface area contributed by atoms with Gasteiger partial charge in [0, 0.05) is 28.9 Å². The van der Waals surface area contributed by atoms with Crippen LogP contribution in [0.25, 0.3) is 28.1 Å². The van der Waals surface area contributed by atoms with Gasteiger partial charge in [-0.3, -0.25) is 0 Å². The Morgan fingerprint density at radius 3 is 2.11 bits per heavy atom. The van der Waals surface area contributed by atoms with Gasteiger partial charge in [-0.1, -0.05) is 77.3 Å². The number of nitrogens with zero attached hydrogens (tertiary/aromatic N) is 2. The first kappa shape index (κ1) is 23.9. The molecule has 0 aliphatic carbocycles. The SMILES string of the molecule is Cc1ccc(-c2ccc(Cc3nc(-c4ccc(Cl)cc4Cl)cn3-c3ccc(C(=O)O)cc3)cc2)cc1. The highest BCUT2D eigenvalue weighted by molar-refractivity contribution is 6.36. The number of imidazole rings is 1. The van der Waals surface area contributed by atoms with E-state index in [-0.39, 0.29) is 5.56 Å². The Morgan fingerprint density at radius 2 is 1.50 bits per heavy atom. The van der Waals surface area contributed by atoms with Gasteiger partial charge >= 0.3 is 5.97 Å². The number of hydrogen-bond donors (Lipinski definition) is 1. The van der Waals surface area contributed by atoms with Gasteiger partial charge in [-0.25, -0.2) is 9.78 Å². The van der Waals surface area contributed by atoms with Crippen LogP contribution in [0.4, 0.5) is 0 Å². The van der Waals surface area contributed by atoms with Gasteiger partial charge in [0.1, 0.15) is 5.82 Å². The minimum atomic E-state index is -0.963. The summed E-state index contributed by atoms with van der Waals surface area (Å²) in [5.74, 6) is -0.156. The van der Waals surface area contributed by atoms with Gasteiger partial charge in [-0.15, -0.1) is 0 Å². The molecule has 36 heavy (non-hydrogen) atoms. The second-order valence-corrected chi connectivity index (χ2v) is 9.47. The molecule has 4 nitrogen and oxygen atoms in total. The molecule has 4 aromatic carbocycles. The first-order valence-electron chi connectivity index (χ1n) is 11.4. The summed E-state index contributed by atoms with van der Waals surface area (Å²) >= 11 is 12.6. The minimum absolute atomic E-state index is 0.230. The Kier molecular flexibility index (Phi) is 6.64. The van der Waals surface area contributed by atoms with Crippen molar-refractivity contribution in [3.8, 4) is 28.1 Å². The zero-order valence-electron chi connectivity index (χ0n) is 19.5. The Bertz CT molecular complexity index is 1540. The summed E-state index contributed by atoms with van der Waals surface area (Å²) in [4.78, 5) is 16.2. The van der Waals surface area contributed by atoms with E-state index in [2.05, 4.69) is 55.5 Å². The van der Waals surface area contributed by atoms with Crippen LogP contribution in [0.15, 0.2) is 97.2 Å². The molecule has 178 valence electrons. The fourth-order valence-corrected chi connectivity index (χ4v) is 4.61. The predicted molar refractivity (Wildman–Crippen MR) is 145 cm³/mol. The van der Waals surface area contributed by atoms with E-state index in [9.17, 15) is 9.90 Å². The second-order valence-electron chi connectivity index (χ2n) is 8.63. The number of aryl methyl sites for hydroxylation is 1. The van der Waals surface area contributed by atoms with Crippen LogP contribution in [0, 0.1) is 6.92 Å². The largest absolute Gasteiger partial charge is 0.478 e. The average molecular weight is 513 g/mol. The van der Waals surface area contributed by atoms with Crippen LogP contribution in [0.5, 0.6) is 0 Å². The fraction of sp³-hybridized carbons (Fsp3) is 0.0667. The lowest BCUT2D eigenvalue weighted by Crippen LogP contribution is -2.03. The predicted octanol–water partition coefficient (Wildman–Crippen LogP) is 8.11. The van der Waals surface area contributed by atoms with Crippen molar-refractivity contribution in [2.24, 2.45) is 0 Å². The highest BCUT2D eigenvalue weighted by Crippen LogP contribution is 2.31. The summed E-state index contributed by atoms with van der Waals surface area (Å²) in [6.45, 7) is 2.08. The number of rotatable bonds is 6. The van der Waals surface area contributed by atoms with Crippen LogP contribution in [0.2, 0.25) is 10.0 Å². The summed E-state index contributed by atoms with van der Waals surface area (Å²) in [5, 5.41) is 10.3. The molecule has 6 heteroatoms. The minimum Gasteiger partial charge on any atom is -0.478 e. The normalized spacial score (nSPS) is 11.0. The van der Waals surface area contributed by atoms with Crippen LogP contribution in [-0.2, 0) is 6.42 Å². The maximum absolute atomic E-state index is 11.3.